The fourth-order valence-corrected chi connectivity index (χ4v) is 2.76. The molecule has 138 valence electrons. The van der Waals surface area contributed by atoms with Gasteiger partial charge in [-0.3, -0.25) is 15.1 Å². The van der Waals surface area contributed by atoms with Crippen LogP contribution in [0.25, 0.3) is 0 Å². The van der Waals surface area contributed by atoms with E-state index in [9.17, 15) is 4.79 Å². The Hall–Kier alpha value is -3.00. The number of nitrogens with one attached hydrogen (secondary N) is 3. The molecule has 2 heterocycles. The van der Waals surface area contributed by atoms with Crippen LogP contribution in [-0.4, -0.2) is 57.1 Å². The first kappa shape index (κ1) is 17.8. The molecule has 1 amide bonds. The van der Waals surface area contributed by atoms with E-state index in [0.29, 0.717) is 29.4 Å². The fourth-order valence-electron chi connectivity index (χ4n) is 2.76. The zero-order valence-electron chi connectivity index (χ0n) is 15.1. The van der Waals surface area contributed by atoms with Gasteiger partial charge in [0.1, 0.15) is 11.6 Å². The van der Waals surface area contributed by atoms with Crippen molar-refractivity contribution < 1.29 is 13.9 Å². The number of fused-ring (bicyclic) bond motifs is 1. The molecule has 0 saturated carbocycles. The van der Waals surface area contributed by atoms with Crippen LogP contribution in [0.2, 0.25) is 0 Å². The number of furan rings is 1. The molecule has 1 unspecified atom stereocenters. The molecule has 8 heteroatoms. The van der Waals surface area contributed by atoms with Gasteiger partial charge in [0.05, 0.1) is 18.9 Å². The van der Waals surface area contributed by atoms with Gasteiger partial charge in [0, 0.05) is 18.8 Å². The SMILES string of the molecule is COc1ccc(N2C(=N)c3ccoc3NC2C(=O)NCCN(C)C)cc1. The van der Waals surface area contributed by atoms with Gasteiger partial charge in [-0.1, -0.05) is 0 Å². The van der Waals surface area contributed by atoms with E-state index in [2.05, 4.69) is 10.6 Å². The Morgan fingerprint density at radius 1 is 1.35 bits per heavy atom. The summed E-state index contributed by atoms with van der Waals surface area (Å²) < 4.78 is 10.6. The molecule has 8 nitrogen and oxygen atoms in total. The van der Waals surface area contributed by atoms with Crippen molar-refractivity contribution in [2.75, 3.05) is 44.5 Å². The average molecular weight is 357 g/mol. The summed E-state index contributed by atoms with van der Waals surface area (Å²) in [5.74, 6) is 1.11. The van der Waals surface area contributed by atoms with Crippen molar-refractivity contribution in [3.05, 3.63) is 42.2 Å². The summed E-state index contributed by atoms with van der Waals surface area (Å²) in [7, 11) is 5.48. The van der Waals surface area contributed by atoms with Gasteiger partial charge >= 0.3 is 0 Å². The Morgan fingerprint density at radius 3 is 2.73 bits per heavy atom. The van der Waals surface area contributed by atoms with E-state index in [1.165, 1.54) is 6.26 Å². The molecule has 1 aromatic heterocycles. The molecule has 2 aromatic rings. The quantitative estimate of drug-likeness (QED) is 0.726. The second-order valence-electron chi connectivity index (χ2n) is 6.22. The molecular weight excluding hydrogens is 334 g/mol. The lowest BCUT2D eigenvalue weighted by Gasteiger charge is -2.36. The number of hydrogen-bond donors (Lipinski definition) is 3. The van der Waals surface area contributed by atoms with Gasteiger partial charge in [-0.15, -0.1) is 0 Å². The number of methoxy groups -OCH3 is 1. The number of likely N-dealkylation sites (N-methyl/N-ethyl adjacent to an activating group) is 1. The zero-order valence-corrected chi connectivity index (χ0v) is 15.1. The molecule has 0 fully saturated rings. The smallest absolute Gasteiger partial charge is 0.263 e. The highest BCUT2D eigenvalue weighted by Crippen LogP contribution is 2.31. The van der Waals surface area contributed by atoms with Crippen LogP contribution in [0.3, 0.4) is 0 Å². The van der Waals surface area contributed by atoms with Crippen LogP contribution in [0.1, 0.15) is 5.56 Å². The molecule has 0 saturated heterocycles. The summed E-state index contributed by atoms with van der Waals surface area (Å²) in [6.45, 7) is 1.24. The number of amidine groups is 1. The maximum Gasteiger partial charge on any atom is 0.263 e. The molecule has 3 N–H and O–H groups in total. The molecule has 1 aliphatic heterocycles. The van der Waals surface area contributed by atoms with Gasteiger partial charge in [-0.05, 0) is 44.4 Å². The molecule has 26 heavy (non-hydrogen) atoms. The van der Waals surface area contributed by atoms with Crippen molar-refractivity contribution >= 4 is 23.3 Å². The van der Waals surface area contributed by atoms with Crippen molar-refractivity contribution in [3.63, 3.8) is 0 Å². The molecule has 1 aliphatic rings. The van der Waals surface area contributed by atoms with Gasteiger partial charge in [-0.2, -0.15) is 0 Å². The standard InChI is InChI=1S/C18H23N5O3/c1-22(2)10-9-20-17(24)16-21-18-14(8-11-26-18)15(19)23(16)12-4-6-13(25-3)7-5-12/h4-8,11,16,19,21H,9-10H2,1-3H3,(H,20,24). The lowest BCUT2D eigenvalue weighted by Crippen LogP contribution is -2.57. The lowest BCUT2D eigenvalue weighted by molar-refractivity contribution is -0.121. The lowest BCUT2D eigenvalue weighted by atomic mass is 10.1. The summed E-state index contributed by atoms with van der Waals surface area (Å²) >= 11 is 0. The number of nitrogens with zero attached hydrogens (tertiary/aromatic N) is 2. The Kier molecular flexibility index (Phi) is 5.13. The monoisotopic (exact) mass is 357 g/mol. The molecule has 1 atom stereocenters. The predicted octanol–water partition coefficient (Wildman–Crippen LogP) is 1.55. The highest BCUT2D eigenvalue weighted by Gasteiger charge is 2.36. The van der Waals surface area contributed by atoms with E-state index in [1.54, 1.807) is 30.2 Å². The van der Waals surface area contributed by atoms with Crippen molar-refractivity contribution in [2.24, 2.45) is 0 Å². The van der Waals surface area contributed by atoms with Crippen molar-refractivity contribution in [2.45, 2.75) is 6.17 Å². The van der Waals surface area contributed by atoms with E-state index >= 15 is 0 Å². The Bertz CT molecular complexity index is 784. The number of rotatable bonds is 6. The maximum absolute atomic E-state index is 12.8. The molecule has 0 bridgehead atoms. The summed E-state index contributed by atoms with van der Waals surface area (Å²) in [4.78, 5) is 16.4. The number of ether oxygens (including phenoxy) is 1. The minimum absolute atomic E-state index is 0.199. The van der Waals surface area contributed by atoms with Gasteiger partial charge < -0.3 is 24.7 Å². The molecule has 0 spiro atoms. The van der Waals surface area contributed by atoms with Gasteiger partial charge in [0.25, 0.3) is 5.91 Å². The van der Waals surface area contributed by atoms with Crippen LogP contribution in [0.15, 0.2) is 41.0 Å². The molecule has 0 aliphatic carbocycles. The van der Waals surface area contributed by atoms with Gasteiger partial charge in [0.2, 0.25) is 5.88 Å². The number of benzene rings is 1. The minimum Gasteiger partial charge on any atom is -0.497 e. The first-order chi connectivity index (χ1) is 12.5. The van der Waals surface area contributed by atoms with E-state index in [0.717, 1.165) is 6.54 Å². The molecule has 1 aromatic carbocycles. The topological polar surface area (TPSA) is 93.8 Å². The normalized spacial score (nSPS) is 16.2. The largest absolute Gasteiger partial charge is 0.497 e. The molecule has 0 radical (unpaired) electrons. The van der Waals surface area contributed by atoms with Crippen molar-refractivity contribution in [1.82, 2.24) is 10.2 Å². The first-order valence-electron chi connectivity index (χ1n) is 8.30. The van der Waals surface area contributed by atoms with E-state index < -0.39 is 6.17 Å². The van der Waals surface area contributed by atoms with Gasteiger partial charge in [-0.25, -0.2) is 0 Å². The minimum atomic E-state index is -0.781. The summed E-state index contributed by atoms with van der Waals surface area (Å²) in [5, 5.41) is 14.5. The van der Waals surface area contributed by atoms with Crippen LogP contribution in [-0.2, 0) is 4.79 Å². The fraction of sp³-hybridized carbons (Fsp3) is 0.333. The number of carbonyl (C=O) groups is 1. The predicted molar refractivity (Wildman–Crippen MR) is 100.0 cm³/mol. The number of carbonyl (C=O) groups excluding carboxylic acids is 1. The van der Waals surface area contributed by atoms with Crippen LogP contribution in [0.5, 0.6) is 5.75 Å². The van der Waals surface area contributed by atoms with Crippen LogP contribution >= 0.6 is 0 Å². The zero-order chi connectivity index (χ0) is 18.7. The van der Waals surface area contributed by atoms with Crippen LogP contribution < -0.4 is 20.3 Å². The van der Waals surface area contributed by atoms with E-state index in [4.69, 9.17) is 14.6 Å². The van der Waals surface area contributed by atoms with E-state index in [1.807, 2.05) is 31.1 Å². The first-order valence-corrected chi connectivity index (χ1v) is 8.30. The van der Waals surface area contributed by atoms with E-state index in [-0.39, 0.29) is 11.7 Å². The van der Waals surface area contributed by atoms with Crippen LogP contribution in [0, 0.1) is 5.41 Å². The third-order valence-electron chi connectivity index (χ3n) is 4.14. The van der Waals surface area contributed by atoms with Crippen molar-refractivity contribution in [3.8, 4) is 5.75 Å². The third-order valence-corrected chi connectivity index (χ3v) is 4.14. The summed E-state index contributed by atoms with van der Waals surface area (Å²) in [6.07, 6.45) is 0.724. The number of anilines is 2. The maximum atomic E-state index is 12.8. The highest BCUT2D eigenvalue weighted by atomic mass is 16.5. The van der Waals surface area contributed by atoms with Crippen molar-refractivity contribution in [1.29, 1.82) is 5.41 Å². The second-order valence-corrected chi connectivity index (χ2v) is 6.22. The average Bonchev–Trinajstić information content (AvgIpc) is 3.10. The Morgan fingerprint density at radius 2 is 2.08 bits per heavy atom. The highest BCUT2D eigenvalue weighted by molar-refractivity contribution is 6.16. The molecule has 3 rings (SSSR count). The number of amides is 1. The summed E-state index contributed by atoms with van der Waals surface area (Å²) in [5.41, 5.74) is 1.32. The second kappa shape index (κ2) is 7.49. The Labute approximate surface area is 152 Å². The summed E-state index contributed by atoms with van der Waals surface area (Å²) in [6, 6.07) is 8.95. The van der Waals surface area contributed by atoms with Crippen LogP contribution in [0.4, 0.5) is 11.6 Å². The third kappa shape index (κ3) is 3.50. The Balaban J connectivity index is 1.88. The van der Waals surface area contributed by atoms with Gasteiger partial charge in [0.15, 0.2) is 6.17 Å². The number of hydrogen-bond acceptors (Lipinski definition) is 6. The molecular formula is C18H23N5O3.